The van der Waals surface area contributed by atoms with E-state index < -0.39 is 0 Å². The lowest BCUT2D eigenvalue weighted by Crippen LogP contribution is -2.12. The maximum Gasteiger partial charge on any atom is 0.112 e. The molecule has 0 aliphatic carbocycles. The second-order valence-corrected chi connectivity index (χ2v) is 5.58. The summed E-state index contributed by atoms with van der Waals surface area (Å²) >= 11 is 0. The number of hydrogen-bond donors (Lipinski definition) is 2. The molecule has 1 aromatic heterocycles. The van der Waals surface area contributed by atoms with E-state index in [-0.39, 0.29) is 5.41 Å². The quantitative estimate of drug-likeness (QED) is 0.853. The van der Waals surface area contributed by atoms with Crippen molar-refractivity contribution in [2.75, 3.05) is 6.54 Å². The lowest BCUT2D eigenvalue weighted by molar-refractivity contribution is 0.554. The third-order valence-electron chi connectivity index (χ3n) is 2.93. The summed E-state index contributed by atoms with van der Waals surface area (Å²) in [6.45, 7) is 7.24. The average Bonchev–Trinajstić information content (AvgIpc) is 2.68. The molecule has 17 heavy (non-hydrogen) atoms. The van der Waals surface area contributed by atoms with Crippen LogP contribution in [0.5, 0.6) is 0 Å². The number of hydrogen-bond acceptors (Lipinski definition) is 2. The number of nitrogens with two attached hydrogens (primary N) is 1. The highest BCUT2D eigenvalue weighted by Gasteiger charge is 2.17. The summed E-state index contributed by atoms with van der Waals surface area (Å²) in [6.07, 6.45) is 2.07. The Kier molecular flexibility index (Phi) is 3.20. The third-order valence-corrected chi connectivity index (χ3v) is 2.93. The molecule has 0 fully saturated rings. The Morgan fingerprint density at radius 3 is 2.71 bits per heavy atom. The number of aromatic nitrogens is 2. The van der Waals surface area contributed by atoms with Crippen molar-refractivity contribution < 1.29 is 0 Å². The molecule has 0 radical (unpaired) electrons. The molecule has 0 aliphatic heterocycles. The van der Waals surface area contributed by atoms with Gasteiger partial charge in [0.2, 0.25) is 0 Å². The number of aromatic amines is 1. The molecule has 3 N–H and O–H groups in total. The lowest BCUT2D eigenvalue weighted by atomic mass is 9.96. The summed E-state index contributed by atoms with van der Waals surface area (Å²) in [5.74, 6) is 1.04. The molecule has 0 aliphatic rings. The highest BCUT2D eigenvalue weighted by molar-refractivity contribution is 5.76. The summed E-state index contributed by atoms with van der Waals surface area (Å²) < 4.78 is 0. The number of H-pyrrole nitrogens is 1. The van der Waals surface area contributed by atoms with Crippen LogP contribution in [0.4, 0.5) is 0 Å². The molecule has 92 valence electrons. The van der Waals surface area contributed by atoms with Crippen LogP contribution in [-0.4, -0.2) is 16.5 Å². The summed E-state index contributed by atoms with van der Waals surface area (Å²) in [6, 6.07) is 6.42. The first-order valence-electron chi connectivity index (χ1n) is 6.20. The monoisotopic (exact) mass is 231 g/mol. The molecule has 1 aromatic carbocycles. The van der Waals surface area contributed by atoms with Gasteiger partial charge in [0.05, 0.1) is 11.0 Å². The van der Waals surface area contributed by atoms with Crippen molar-refractivity contribution >= 4 is 11.0 Å². The van der Waals surface area contributed by atoms with Gasteiger partial charge in [-0.05, 0) is 37.1 Å². The fraction of sp³-hybridized carbons (Fsp3) is 0.500. The largest absolute Gasteiger partial charge is 0.342 e. The zero-order valence-electron chi connectivity index (χ0n) is 10.9. The predicted octanol–water partition coefficient (Wildman–Crippen LogP) is 2.75. The first kappa shape index (κ1) is 12.1. The smallest absolute Gasteiger partial charge is 0.112 e. The van der Waals surface area contributed by atoms with Gasteiger partial charge in [0.1, 0.15) is 5.82 Å². The highest BCUT2D eigenvalue weighted by Crippen LogP contribution is 2.23. The first-order valence-corrected chi connectivity index (χ1v) is 6.20. The van der Waals surface area contributed by atoms with Crippen molar-refractivity contribution in [3.05, 3.63) is 29.6 Å². The van der Waals surface area contributed by atoms with Crippen LogP contribution in [0.2, 0.25) is 0 Å². The van der Waals surface area contributed by atoms with Crippen molar-refractivity contribution in [2.45, 2.75) is 39.0 Å². The van der Waals surface area contributed by atoms with Crippen molar-refractivity contribution in [3.8, 4) is 0 Å². The van der Waals surface area contributed by atoms with Crippen LogP contribution in [0.1, 0.15) is 38.6 Å². The van der Waals surface area contributed by atoms with Crippen LogP contribution in [0.15, 0.2) is 18.2 Å². The fourth-order valence-corrected chi connectivity index (χ4v) is 1.87. The predicted molar refractivity (Wildman–Crippen MR) is 72.2 cm³/mol. The molecule has 0 unspecified atom stereocenters. The maximum absolute atomic E-state index is 5.53. The van der Waals surface area contributed by atoms with Gasteiger partial charge in [-0.2, -0.15) is 0 Å². The third kappa shape index (κ3) is 2.67. The zero-order valence-corrected chi connectivity index (χ0v) is 10.9. The molecule has 0 saturated carbocycles. The van der Waals surface area contributed by atoms with Crippen LogP contribution in [-0.2, 0) is 11.8 Å². The Bertz CT molecular complexity index is 506. The van der Waals surface area contributed by atoms with Gasteiger partial charge in [-0.3, -0.25) is 0 Å². The van der Waals surface area contributed by atoms with Gasteiger partial charge in [-0.1, -0.05) is 26.8 Å². The van der Waals surface area contributed by atoms with Gasteiger partial charge >= 0.3 is 0 Å². The molecule has 0 atom stereocenters. The number of aryl methyl sites for hydroxylation is 1. The second kappa shape index (κ2) is 4.49. The molecule has 1 heterocycles. The van der Waals surface area contributed by atoms with E-state index in [2.05, 4.69) is 48.9 Å². The van der Waals surface area contributed by atoms with Crippen LogP contribution in [0.3, 0.4) is 0 Å². The molecule has 0 bridgehead atoms. The van der Waals surface area contributed by atoms with E-state index in [1.807, 2.05) is 0 Å². The van der Waals surface area contributed by atoms with Gasteiger partial charge in [0.25, 0.3) is 0 Å². The van der Waals surface area contributed by atoms with Crippen molar-refractivity contribution in [2.24, 2.45) is 5.73 Å². The summed E-state index contributed by atoms with van der Waals surface area (Å²) in [5.41, 5.74) is 9.10. The Morgan fingerprint density at radius 1 is 1.29 bits per heavy atom. The van der Waals surface area contributed by atoms with Gasteiger partial charge < -0.3 is 10.7 Å². The number of nitrogens with zero attached hydrogens (tertiary/aromatic N) is 1. The van der Waals surface area contributed by atoms with Gasteiger partial charge in [0, 0.05) is 5.41 Å². The van der Waals surface area contributed by atoms with E-state index in [0.717, 1.165) is 36.2 Å². The van der Waals surface area contributed by atoms with Crippen molar-refractivity contribution in [1.29, 1.82) is 0 Å². The van der Waals surface area contributed by atoms with Crippen LogP contribution in [0.25, 0.3) is 11.0 Å². The standard InChI is InChI=1S/C14H21N3/c1-14(2,3)13-16-11-7-6-10(5-4-8-15)9-12(11)17-13/h6-7,9H,4-5,8,15H2,1-3H3,(H,16,17). The van der Waals surface area contributed by atoms with E-state index in [4.69, 9.17) is 5.73 Å². The van der Waals surface area contributed by atoms with Crippen LogP contribution >= 0.6 is 0 Å². The topological polar surface area (TPSA) is 54.7 Å². The Labute approximate surface area is 102 Å². The summed E-state index contributed by atoms with van der Waals surface area (Å²) in [4.78, 5) is 8.04. The number of nitrogens with one attached hydrogen (secondary N) is 1. The zero-order chi connectivity index (χ0) is 12.5. The number of rotatable bonds is 3. The number of fused-ring (bicyclic) bond motifs is 1. The molecule has 3 heteroatoms. The van der Waals surface area contributed by atoms with Crippen LogP contribution in [0, 0.1) is 0 Å². The van der Waals surface area contributed by atoms with E-state index in [1.165, 1.54) is 5.56 Å². The molecular weight excluding hydrogens is 210 g/mol. The second-order valence-electron chi connectivity index (χ2n) is 5.58. The first-order chi connectivity index (χ1) is 8.00. The minimum absolute atomic E-state index is 0.0659. The van der Waals surface area contributed by atoms with Crippen molar-refractivity contribution in [3.63, 3.8) is 0 Å². The Hall–Kier alpha value is -1.35. The van der Waals surface area contributed by atoms with E-state index in [0.29, 0.717) is 0 Å². The molecule has 2 aromatic rings. The summed E-state index contributed by atoms with van der Waals surface area (Å²) in [7, 11) is 0. The molecule has 0 amide bonds. The minimum atomic E-state index is 0.0659. The fourth-order valence-electron chi connectivity index (χ4n) is 1.87. The highest BCUT2D eigenvalue weighted by atomic mass is 14.9. The minimum Gasteiger partial charge on any atom is -0.342 e. The lowest BCUT2D eigenvalue weighted by Gasteiger charge is -2.13. The normalized spacial score (nSPS) is 12.2. The number of imidazole rings is 1. The Morgan fingerprint density at radius 2 is 2.06 bits per heavy atom. The van der Waals surface area contributed by atoms with E-state index in [9.17, 15) is 0 Å². The van der Waals surface area contributed by atoms with Gasteiger partial charge in [-0.15, -0.1) is 0 Å². The molecular formula is C14H21N3. The number of benzene rings is 1. The maximum atomic E-state index is 5.53. The molecule has 3 nitrogen and oxygen atoms in total. The van der Waals surface area contributed by atoms with Crippen molar-refractivity contribution in [1.82, 2.24) is 9.97 Å². The summed E-state index contributed by atoms with van der Waals surface area (Å²) in [5, 5.41) is 0. The molecule has 2 rings (SSSR count). The molecule has 0 saturated heterocycles. The van der Waals surface area contributed by atoms with E-state index >= 15 is 0 Å². The van der Waals surface area contributed by atoms with E-state index in [1.54, 1.807) is 0 Å². The SMILES string of the molecule is CC(C)(C)c1nc2ccc(CCCN)cc2[nH]1. The van der Waals surface area contributed by atoms with Crippen LogP contribution < -0.4 is 5.73 Å². The van der Waals surface area contributed by atoms with Gasteiger partial charge in [-0.25, -0.2) is 4.98 Å². The molecule has 0 spiro atoms. The van der Waals surface area contributed by atoms with Gasteiger partial charge in [0.15, 0.2) is 0 Å². The Balaban J connectivity index is 2.34. The average molecular weight is 231 g/mol.